The lowest BCUT2D eigenvalue weighted by atomic mass is 9.63. The number of amides is 1. The van der Waals surface area contributed by atoms with Gasteiger partial charge in [-0.3, -0.25) is 11.8 Å². The maximum atomic E-state index is 12.8. The predicted molar refractivity (Wildman–Crippen MR) is 133 cm³/mol. The van der Waals surface area contributed by atoms with E-state index in [0.717, 1.165) is 29.9 Å². The van der Waals surface area contributed by atoms with Gasteiger partial charge in [-0.15, -0.1) is 46.4 Å². The molecule has 2 saturated heterocycles. The molecule has 1 amide bonds. The van der Waals surface area contributed by atoms with E-state index in [0.29, 0.717) is 6.04 Å². The summed E-state index contributed by atoms with van der Waals surface area (Å²) in [6, 6.07) is 0.738. The third kappa shape index (κ3) is 4.15. The van der Waals surface area contributed by atoms with Crippen molar-refractivity contribution in [2.24, 2.45) is 29.6 Å². The van der Waals surface area contributed by atoms with Gasteiger partial charge in [0.05, 0.1) is 27.4 Å². The van der Waals surface area contributed by atoms with Crippen LogP contribution in [0.1, 0.15) is 64.2 Å². The highest BCUT2D eigenvalue weighted by Gasteiger charge is 2.56. The van der Waals surface area contributed by atoms with Crippen LogP contribution in [-0.4, -0.2) is 44.4 Å². The molecule has 7 heteroatoms. The molecule has 3 saturated carbocycles. The minimum Gasteiger partial charge on any atom is -0.451 e. The van der Waals surface area contributed by atoms with Crippen LogP contribution in [0.2, 0.25) is 0 Å². The molecular formula is C25H35Cl4N2O-. The van der Waals surface area contributed by atoms with E-state index in [4.69, 9.17) is 46.4 Å². The molecule has 5 fully saturated rings. The standard InChI is InChI=1S/C25H35Cl4N2O/c1-31-14(10-11-16-15(8-5-9-18(16)31)13-6-3-2-4-7-13)12-17-19-20(25(32)30-17)22(27)24(29)23(28)21(19)26/h12-16,18-24H,1-11H2,(H,30,32)/q-1. The average molecular weight is 521 g/mol. The highest BCUT2D eigenvalue weighted by atomic mass is 35.5. The van der Waals surface area contributed by atoms with Crippen molar-refractivity contribution in [3.63, 3.8) is 0 Å². The molecule has 32 heavy (non-hydrogen) atoms. The topological polar surface area (TPSA) is 32.3 Å². The van der Waals surface area contributed by atoms with E-state index in [2.05, 4.69) is 23.3 Å². The van der Waals surface area contributed by atoms with Crippen molar-refractivity contribution < 1.29 is 4.79 Å². The number of carbonyl (C=O) groups excluding carboxylic acids is 1. The molecule has 5 aliphatic rings. The van der Waals surface area contributed by atoms with Crippen LogP contribution in [0.4, 0.5) is 0 Å². The largest absolute Gasteiger partial charge is 0.451 e. The molecule has 0 radical (unpaired) electrons. The second-order valence-electron chi connectivity index (χ2n) is 10.8. The fraction of sp³-hybridized carbons (Fsp3) is 0.840. The van der Waals surface area contributed by atoms with Gasteiger partial charge in [-0.2, -0.15) is 0 Å². The number of allylic oxidation sites excluding steroid dienone is 1. The number of nitrogens with zero attached hydrogens (tertiary/aromatic N) is 1. The summed E-state index contributed by atoms with van der Waals surface area (Å²) in [6.07, 6.45) is 15.5. The average Bonchev–Trinajstić information content (AvgIpc) is 3.14. The predicted octanol–water partition coefficient (Wildman–Crippen LogP) is 6.30. The van der Waals surface area contributed by atoms with Gasteiger partial charge in [0, 0.05) is 17.7 Å². The summed E-state index contributed by atoms with van der Waals surface area (Å²) >= 11 is 26.2. The SMILES string of the molecule is [CH2-]N1C(C=C2NC(=O)C3C(Cl)C(Cl)C(Cl)C(Cl)C23)CCC2C(C3CCCCC3)CCCC21. The maximum absolute atomic E-state index is 12.8. The first kappa shape index (κ1) is 24.0. The number of rotatable bonds is 2. The summed E-state index contributed by atoms with van der Waals surface area (Å²) in [5.41, 5.74) is 0.872. The summed E-state index contributed by atoms with van der Waals surface area (Å²) in [4.78, 5) is 15.1. The van der Waals surface area contributed by atoms with Gasteiger partial charge in [-0.25, -0.2) is 0 Å². The van der Waals surface area contributed by atoms with Crippen LogP contribution in [0.3, 0.4) is 0 Å². The van der Waals surface area contributed by atoms with E-state index in [9.17, 15) is 4.79 Å². The Morgan fingerprint density at radius 1 is 0.781 bits per heavy atom. The quantitative estimate of drug-likeness (QED) is 0.342. The summed E-state index contributed by atoms with van der Waals surface area (Å²) in [7, 11) is 4.54. The summed E-state index contributed by atoms with van der Waals surface area (Å²) < 4.78 is 0. The number of piperidine rings is 1. The maximum Gasteiger partial charge on any atom is 0.229 e. The fourth-order valence-corrected chi connectivity index (χ4v) is 9.33. The Morgan fingerprint density at radius 2 is 1.47 bits per heavy atom. The number of fused-ring (bicyclic) bond motifs is 2. The van der Waals surface area contributed by atoms with Gasteiger partial charge < -0.3 is 10.2 Å². The van der Waals surface area contributed by atoms with Gasteiger partial charge in [0.2, 0.25) is 5.91 Å². The molecule has 2 heterocycles. The van der Waals surface area contributed by atoms with Crippen LogP contribution in [0.15, 0.2) is 11.8 Å². The first-order valence-electron chi connectivity index (χ1n) is 12.6. The second kappa shape index (κ2) is 9.76. The molecule has 0 bridgehead atoms. The van der Waals surface area contributed by atoms with Crippen LogP contribution < -0.4 is 5.32 Å². The third-order valence-electron chi connectivity index (χ3n) is 9.27. The van der Waals surface area contributed by atoms with E-state index in [-0.39, 0.29) is 17.9 Å². The molecule has 1 N–H and O–H groups in total. The molecule has 3 aliphatic carbocycles. The van der Waals surface area contributed by atoms with Crippen LogP contribution in [0, 0.1) is 36.6 Å². The van der Waals surface area contributed by atoms with Crippen LogP contribution in [0.5, 0.6) is 0 Å². The van der Waals surface area contributed by atoms with Gasteiger partial charge in [0.15, 0.2) is 0 Å². The number of hydrogen-bond acceptors (Lipinski definition) is 2. The zero-order chi connectivity index (χ0) is 22.6. The Hall–Kier alpha value is 0.330. The molecule has 0 aromatic heterocycles. The lowest BCUT2D eigenvalue weighted by Crippen LogP contribution is -2.52. The molecule has 180 valence electrons. The Morgan fingerprint density at radius 3 is 2.19 bits per heavy atom. The van der Waals surface area contributed by atoms with Crippen molar-refractivity contribution in [1.29, 1.82) is 0 Å². The highest BCUT2D eigenvalue weighted by molar-refractivity contribution is 6.39. The van der Waals surface area contributed by atoms with Crippen molar-refractivity contribution >= 4 is 52.3 Å². The minimum absolute atomic E-state index is 0.0829. The monoisotopic (exact) mass is 519 g/mol. The van der Waals surface area contributed by atoms with E-state index in [1.807, 2.05) is 0 Å². The second-order valence-corrected chi connectivity index (χ2v) is 12.8. The minimum atomic E-state index is -0.522. The van der Waals surface area contributed by atoms with Crippen molar-refractivity contribution in [2.45, 2.75) is 97.8 Å². The zero-order valence-electron chi connectivity index (χ0n) is 18.6. The number of hydrogen-bond donors (Lipinski definition) is 1. The number of alkyl halides is 4. The molecular weight excluding hydrogens is 486 g/mol. The molecule has 2 aliphatic heterocycles. The van der Waals surface area contributed by atoms with Crippen molar-refractivity contribution in [3.05, 3.63) is 18.8 Å². The Labute approximate surface area is 212 Å². The number of likely N-dealkylation sites (tertiary alicyclic amines) is 1. The summed E-state index contributed by atoms with van der Waals surface area (Å²) in [5, 5.41) is 1.14. The lowest BCUT2D eigenvalue weighted by molar-refractivity contribution is -0.123. The van der Waals surface area contributed by atoms with Gasteiger partial charge in [0.25, 0.3) is 0 Å². The van der Waals surface area contributed by atoms with Gasteiger partial charge in [0.1, 0.15) is 0 Å². The van der Waals surface area contributed by atoms with E-state index in [1.165, 1.54) is 57.8 Å². The van der Waals surface area contributed by atoms with E-state index >= 15 is 0 Å². The molecule has 0 aromatic carbocycles. The van der Waals surface area contributed by atoms with Gasteiger partial charge >= 0.3 is 0 Å². The lowest BCUT2D eigenvalue weighted by Gasteiger charge is -2.55. The van der Waals surface area contributed by atoms with E-state index < -0.39 is 27.4 Å². The molecule has 10 atom stereocenters. The molecule has 10 unspecified atom stereocenters. The smallest absolute Gasteiger partial charge is 0.229 e. The Kier molecular flexibility index (Phi) is 7.34. The molecule has 0 spiro atoms. The third-order valence-corrected chi connectivity index (χ3v) is 11.8. The summed E-state index contributed by atoms with van der Waals surface area (Å²) in [6.45, 7) is 0. The van der Waals surface area contributed by atoms with Crippen LogP contribution in [-0.2, 0) is 4.79 Å². The van der Waals surface area contributed by atoms with Crippen molar-refractivity contribution in [1.82, 2.24) is 10.2 Å². The summed E-state index contributed by atoms with van der Waals surface area (Å²) in [5.74, 6) is 1.82. The molecule has 0 aromatic rings. The Bertz CT molecular complexity index is 741. The number of nitrogens with one attached hydrogen (secondary N) is 1. The van der Waals surface area contributed by atoms with Crippen molar-refractivity contribution in [3.8, 4) is 0 Å². The zero-order valence-corrected chi connectivity index (χ0v) is 21.6. The first-order chi connectivity index (χ1) is 15.4. The van der Waals surface area contributed by atoms with Crippen molar-refractivity contribution in [2.75, 3.05) is 0 Å². The van der Waals surface area contributed by atoms with Crippen LogP contribution >= 0.6 is 46.4 Å². The van der Waals surface area contributed by atoms with Gasteiger partial charge in [-0.1, -0.05) is 44.6 Å². The normalized spacial score (nSPS) is 49.5. The van der Waals surface area contributed by atoms with E-state index in [1.54, 1.807) is 0 Å². The van der Waals surface area contributed by atoms with Gasteiger partial charge in [-0.05, 0) is 49.5 Å². The molecule has 3 nitrogen and oxygen atoms in total. The Balaban J connectivity index is 1.34. The number of carbonyl (C=O) groups is 1. The fourth-order valence-electron chi connectivity index (χ4n) is 7.68. The number of halogens is 4. The van der Waals surface area contributed by atoms with Crippen LogP contribution in [0.25, 0.3) is 0 Å². The molecule has 5 rings (SSSR count). The highest BCUT2D eigenvalue weighted by Crippen LogP contribution is 2.50. The first-order valence-corrected chi connectivity index (χ1v) is 14.3.